The van der Waals surface area contributed by atoms with Gasteiger partial charge in [0.05, 0.1) is 0 Å². The third kappa shape index (κ3) is 1.87. The molecule has 0 N–H and O–H groups in total. The molecule has 1 aromatic rings. The molecule has 0 fully saturated rings. The summed E-state index contributed by atoms with van der Waals surface area (Å²) in [7, 11) is 0.825. The zero-order valence-electron chi connectivity index (χ0n) is 7.84. The Bertz CT molecular complexity index is 334. The number of halogens is 3. The van der Waals surface area contributed by atoms with E-state index in [1.165, 1.54) is 24.3 Å². The highest BCUT2D eigenvalue weighted by atomic mass is 19.4. The molecule has 15 heavy (non-hydrogen) atoms. The highest BCUT2D eigenvalue weighted by Crippen LogP contribution is 2.39. The summed E-state index contributed by atoms with van der Waals surface area (Å²) in [5.41, 5.74) is -3.27. The summed E-state index contributed by atoms with van der Waals surface area (Å²) in [6.07, 6.45) is -3.90. The Hall–Kier alpha value is -1.36. The lowest BCUT2D eigenvalue weighted by molar-refractivity contribution is -0.245. The highest BCUT2D eigenvalue weighted by Gasteiger charge is 2.58. The van der Waals surface area contributed by atoms with Crippen molar-refractivity contribution in [2.24, 2.45) is 0 Å². The predicted octanol–water partition coefficient (Wildman–Crippen LogP) is 2.20. The van der Waals surface area contributed by atoms with Gasteiger partial charge in [-0.2, -0.15) is 13.2 Å². The van der Waals surface area contributed by atoms with Crippen LogP contribution in [0.1, 0.15) is 5.56 Å². The van der Waals surface area contributed by atoms with Crippen molar-refractivity contribution in [3.05, 3.63) is 35.9 Å². The van der Waals surface area contributed by atoms with Crippen LogP contribution in [0.25, 0.3) is 0 Å². The Morgan fingerprint density at radius 3 is 2.07 bits per heavy atom. The van der Waals surface area contributed by atoms with Gasteiger partial charge < -0.3 is 4.74 Å². The Labute approximate surface area is 84.7 Å². The SMILES string of the molecule is CO[C@]([C]=O)(c1ccccc1)C(F)(F)F. The van der Waals surface area contributed by atoms with Crippen LogP contribution in [0.5, 0.6) is 0 Å². The van der Waals surface area contributed by atoms with Gasteiger partial charge in [0, 0.05) is 12.7 Å². The second-order valence-electron chi connectivity index (χ2n) is 2.85. The predicted molar refractivity (Wildman–Crippen MR) is 46.9 cm³/mol. The normalized spacial score (nSPS) is 15.7. The van der Waals surface area contributed by atoms with Gasteiger partial charge in [0.25, 0.3) is 5.60 Å². The number of benzene rings is 1. The van der Waals surface area contributed by atoms with E-state index in [-0.39, 0.29) is 5.56 Å². The molecule has 0 aromatic heterocycles. The van der Waals surface area contributed by atoms with Gasteiger partial charge in [0.15, 0.2) is 0 Å². The van der Waals surface area contributed by atoms with Crippen molar-refractivity contribution < 1.29 is 22.7 Å². The smallest absolute Gasteiger partial charge is 0.357 e. The molecule has 0 aliphatic heterocycles. The van der Waals surface area contributed by atoms with E-state index >= 15 is 0 Å². The van der Waals surface area contributed by atoms with Gasteiger partial charge in [0.2, 0.25) is 6.29 Å². The zero-order chi connectivity index (χ0) is 11.5. The molecule has 0 amide bonds. The molecular formula is C10H8F3O2. The minimum atomic E-state index is -4.83. The number of carbonyl (C=O) groups excluding carboxylic acids is 1. The molecule has 0 spiro atoms. The van der Waals surface area contributed by atoms with E-state index in [0.717, 1.165) is 13.4 Å². The van der Waals surface area contributed by atoms with Crippen molar-refractivity contribution in [2.75, 3.05) is 7.11 Å². The molecule has 0 saturated carbocycles. The first-order chi connectivity index (χ1) is 6.98. The molecule has 1 aromatic carbocycles. The molecular weight excluding hydrogens is 209 g/mol. The highest BCUT2D eigenvalue weighted by molar-refractivity contribution is 5.68. The van der Waals surface area contributed by atoms with E-state index in [1.807, 2.05) is 0 Å². The van der Waals surface area contributed by atoms with E-state index in [1.54, 1.807) is 6.07 Å². The lowest BCUT2D eigenvalue weighted by Gasteiger charge is -2.28. The quantitative estimate of drug-likeness (QED) is 0.775. The summed E-state index contributed by atoms with van der Waals surface area (Å²) in [6, 6.07) is 6.67. The Balaban J connectivity index is 3.30. The number of hydrogen-bond donors (Lipinski definition) is 0. The molecule has 1 rings (SSSR count). The molecule has 5 heteroatoms. The fourth-order valence-electron chi connectivity index (χ4n) is 1.23. The third-order valence-corrected chi connectivity index (χ3v) is 2.03. The topological polar surface area (TPSA) is 26.3 Å². The molecule has 0 unspecified atom stereocenters. The number of alkyl halides is 3. The van der Waals surface area contributed by atoms with E-state index < -0.39 is 11.8 Å². The second-order valence-corrected chi connectivity index (χ2v) is 2.85. The molecule has 81 valence electrons. The van der Waals surface area contributed by atoms with Gasteiger partial charge >= 0.3 is 6.18 Å². The molecule has 0 heterocycles. The van der Waals surface area contributed by atoms with Crippen molar-refractivity contribution in [1.82, 2.24) is 0 Å². The van der Waals surface area contributed by atoms with Crippen LogP contribution in [0.15, 0.2) is 30.3 Å². The lowest BCUT2D eigenvalue weighted by Crippen LogP contribution is -2.45. The third-order valence-electron chi connectivity index (χ3n) is 2.03. The Morgan fingerprint density at radius 2 is 1.73 bits per heavy atom. The Kier molecular flexibility index (Phi) is 3.14. The van der Waals surface area contributed by atoms with Crippen molar-refractivity contribution in [1.29, 1.82) is 0 Å². The van der Waals surface area contributed by atoms with Gasteiger partial charge in [-0.3, -0.25) is 4.79 Å². The molecule has 1 radical (unpaired) electrons. The summed E-state index contributed by atoms with van der Waals surface area (Å²) in [4.78, 5) is 10.5. The van der Waals surface area contributed by atoms with E-state index in [2.05, 4.69) is 4.74 Å². The first-order valence-electron chi connectivity index (χ1n) is 4.04. The number of methoxy groups -OCH3 is 1. The summed E-state index contributed by atoms with van der Waals surface area (Å²) in [6.45, 7) is 0. The van der Waals surface area contributed by atoms with Gasteiger partial charge in [-0.15, -0.1) is 0 Å². The first kappa shape index (κ1) is 11.7. The first-order valence-corrected chi connectivity index (χ1v) is 4.04. The van der Waals surface area contributed by atoms with Gasteiger partial charge in [-0.25, -0.2) is 0 Å². The molecule has 0 bridgehead atoms. The fourth-order valence-corrected chi connectivity index (χ4v) is 1.23. The fraction of sp³-hybridized carbons (Fsp3) is 0.300. The largest absolute Gasteiger partial charge is 0.429 e. The van der Waals surface area contributed by atoms with Gasteiger partial charge in [-0.05, 0) is 0 Å². The summed E-state index contributed by atoms with van der Waals surface area (Å²) in [5.74, 6) is 0. The lowest BCUT2D eigenvalue weighted by atomic mass is 9.94. The van der Waals surface area contributed by atoms with Gasteiger partial charge in [0.1, 0.15) is 0 Å². The monoisotopic (exact) mass is 217 g/mol. The van der Waals surface area contributed by atoms with E-state index in [0.29, 0.717) is 0 Å². The number of ether oxygens (including phenoxy) is 1. The average Bonchev–Trinajstić information content (AvgIpc) is 2.20. The minimum absolute atomic E-state index is 0.282. The maximum Gasteiger partial charge on any atom is 0.429 e. The van der Waals surface area contributed by atoms with Crippen LogP contribution >= 0.6 is 0 Å². The van der Waals surface area contributed by atoms with Crippen LogP contribution < -0.4 is 0 Å². The van der Waals surface area contributed by atoms with Crippen molar-refractivity contribution in [2.45, 2.75) is 11.8 Å². The average molecular weight is 217 g/mol. The molecule has 0 saturated heterocycles. The minimum Gasteiger partial charge on any atom is -0.357 e. The van der Waals surface area contributed by atoms with Gasteiger partial charge in [-0.1, -0.05) is 30.3 Å². The summed E-state index contributed by atoms with van der Waals surface area (Å²) in [5, 5.41) is 0. The summed E-state index contributed by atoms with van der Waals surface area (Å²) < 4.78 is 42.3. The number of rotatable bonds is 3. The Morgan fingerprint density at radius 1 is 1.20 bits per heavy atom. The van der Waals surface area contributed by atoms with E-state index in [4.69, 9.17) is 0 Å². The van der Waals surface area contributed by atoms with Crippen molar-refractivity contribution >= 4 is 6.29 Å². The molecule has 0 aliphatic carbocycles. The van der Waals surface area contributed by atoms with Crippen molar-refractivity contribution in [3.63, 3.8) is 0 Å². The van der Waals surface area contributed by atoms with Crippen LogP contribution in [0.4, 0.5) is 13.2 Å². The molecule has 2 nitrogen and oxygen atoms in total. The maximum atomic E-state index is 12.7. The van der Waals surface area contributed by atoms with Crippen LogP contribution in [0.2, 0.25) is 0 Å². The standard InChI is InChI=1S/C10H8F3O2/c1-15-9(7-14,10(11,12)13)8-5-3-2-4-6-8/h2-6H,1H3/t9-/m1/s1. The number of hydrogen-bond acceptors (Lipinski definition) is 2. The van der Waals surface area contributed by atoms with Crippen LogP contribution in [0.3, 0.4) is 0 Å². The maximum absolute atomic E-state index is 12.7. The molecule has 0 aliphatic rings. The van der Waals surface area contributed by atoms with Crippen LogP contribution in [-0.4, -0.2) is 19.6 Å². The summed E-state index contributed by atoms with van der Waals surface area (Å²) >= 11 is 0. The van der Waals surface area contributed by atoms with Crippen LogP contribution in [-0.2, 0) is 15.1 Å². The van der Waals surface area contributed by atoms with Crippen molar-refractivity contribution in [3.8, 4) is 0 Å². The molecule has 1 atom stereocenters. The van der Waals surface area contributed by atoms with E-state index in [9.17, 15) is 18.0 Å². The zero-order valence-corrected chi connectivity index (χ0v) is 7.84. The van der Waals surface area contributed by atoms with Crippen LogP contribution in [0, 0.1) is 0 Å². The second kappa shape index (κ2) is 4.02.